The van der Waals surface area contributed by atoms with E-state index in [1.165, 1.54) is 5.56 Å². The van der Waals surface area contributed by atoms with Crippen molar-refractivity contribution in [2.24, 2.45) is 7.05 Å². The van der Waals surface area contributed by atoms with E-state index in [2.05, 4.69) is 11.1 Å². The van der Waals surface area contributed by atoms with Gasteiger partial charge in [-0.15, -0.1) is 0 Å². The quantitative estimate of drug-likeness (QED) is 0.728. The third-order valence-electron chi connectivity index (χ3n) is 4.63. The maximum absolute atomic E-state index is 13.1. The van der Waals surface area contributed by atoms with Gasteiger partial charge in [-0.1, -0.05) is 6.07 Å². The molecule has 0 radical (unpaired) electrons. The Bertz CT molecular complexity index is 930. The number of methoxy groups -OCH3 is 1. The minimum Gasteiger partial charge on any atom is -0.497 e. The SMILES string of the molecule is COc1ccc2c(c1)N(C(=O)c1ccc3c(c1)ncn3C)CCC2. The minimum absolute atomic E-state index is 0.0109. The molecule has 1 aliphatic rings. The summed E-state index contributed by atoms with van der Waals surface area (Å²) in [7, 11) is 3.59. The molecule has 1 amide bonds. The highest BCUT2D eigenvalue weighted by molar-refractivity contribution is 6.08. The van der Waals surface area contributed by atoms with E-state index in [0.717, 1.165) is 41.9 Å². The van der Waals surface area contributed by atoms with Gasteiger partial charge < -0.3 is 14.2 Å². The summed E-state index contributed by atoms with van der Waals surface area (Å²) in [4.78, 5) is 19.3. The van der Waals surface area contributed by atoms with Gasteiger partial charge >= 0.3 is 0 Å². The van der Waals surface area contributed by atoms with E-state index in [9.17, 15) is 4.79 Å². The molecule has 1 aromatic heterocycles. The molecular weight excluding hydrogens is 302 g/mol. The molecule has 5 nitrogen and oxygen atoms in total. The summed E-state index contributed by atoms with van der Waals surface area (Å²) in [5.74, 6) is 0.783. The molecule has 0 bridgehead atoms. The lowest BCUT2D eigenvalue weighted by Crippen LogP contribution is -2.35. The summed E-state index contributed by atoms with van der Waals surface area (Å²) in [6.07, 6.45) is 3.72. The number of ether oxygens (including phenoxy) is 1. The van der Waals surface area contributed by atoms with Gasteiger partial charge in [0.2, 0.25) is 0 Å². The summed E-state index contributed by atoms with van der Waals surface area (Å²) in [5.41, 5.74) is 4.66. The number of benzene rings is 2. The van der Waals surface area contributed by atoms with Crippen LogP contribution in [0.5, 0.6) is 5.75 Å². The number of carbonyl (C=O) groups excluding carboxylic acids is 1. The fraction of sp³-hybridized carbons (Fsp3) is 0.263. The van der Waals surface area contributed by atoms with Crippen molar-refractivity contribution in [1.82, 2.24) is 9.55 Å². The summed E-state index contributed by atoms with van der Waals surface area (Å²) >= 11 is 0. The number of imidazole rings is 1. The predicted octanol–water partition coefficient (Wildman–Crippen LogP) is 3.17. The Balaban J connectivity index is 1.74. The van der Waals surface area contributed by atoms with E-state index in [1.54, 1.807) is 13.4 Å². The third kappa shape index (κ3) is 2.33. The Morgan fingerprint density at radius 2 is 2.08 bits per heavy atom. The summed E-state index contributed by atoms with van der Waals surface area (Å²) in [6, 6.07) is 11.6. The number of aryl methyl sites for hydroxylation is 2. The lowest BCUT2D eigenvalue weighted by Gasteiger charge is -2.30. The maximum Gasteiger partial charge on any atom is 0.258 e. The monoisotopic (exact) mass is 321 g/mol. The molecule has 24 heavy (non-hydrogen) atoms. The Labute approximate surface area is 140 Å². The Morgan fingerprint density at radius 3 is 2.92 bits per heavy atom. The highest BCUT2D eigenvalue weighted by Crippen LogP contribution is 2.32. The first-order chi connectivity index (χ1) is 11.7. The van der Waals surface area contributed by atoms with Gasteiger partial charge in [0.05, 0.1) is 30.2 Å². The van der Waals surface area contributed by atoms with Crippen LogP contribution in [-0.4, -0.2) is 29.1 Å². The van der Waals surface area contributed by atoms with Crippen molar-refractivity contribution in [2.75, 3.05) is 18.6 Å². The second kappa shape index (κ2) is 5.67. The van der Waals surface area contributed by atoms with Gasteiger partial charge in [0.15, 0.2) is 0 Å². The Morgan fingerprint density at radius 1 is 1.21 bits per heavy atom. The number of fused-ring (bicyclic) bond motifs is 2. The average molecular weight is 321 g/mol. The Hall–Kier alpha value is -2.82. The largest absolute Gasteiger partial charge is 0.497 e. The van der Waals surface area contributed by atoms with Crippen LogP contribution in [0.4, 0.5) is 5.69 Å². The summed E-state index contributed by atoms with van der Waals surface area (Å²) < 4.78 is 7.27. The molecule has 4 rings (SSSR count). The van der Waals surface area contributed by atoms with E-state index in [4.69, 9.17) is 4.74 Å². The van der Waals surface area contributed by atoms with Crippen LogP contribution >= 0.6 is 0 Å². The number of nitrogens with zero attached hydrogens (tertiary/aromatic N) is 3. The number of hydrogen-bond acceptors (Lipinski definition) is 3. The van der Waals surface area contributed by atoms with Crippen LogP contribution in [0, 0.1) is 0 Å². The van der Waals surface area contributed by atoms with Crippen molar-refractivity contribution in [1.29, 1.82) is 0 Å². The predicted molar refractivity (Wildman–Crippen MR) is 93.7 cm³/mol. The van der Waals surface area contributed by atoms with Crippen molar-refractivity contribution in [3.63, 3.8) is 0 Å². The van der Waals surface area contributed by atoms with Crippen molar-refractivity contribution in [3.8, 4) is 5.75 Å². The fourth-order valence-corrected chi connectivity index (χ4v) is 3.32. The molecule has 2 heterocycles. The molecule has 2 aromatic carbocycles. The third-order valence-corrected chi connectivity index (χ3v) is 4.63. The first-order valence-electron chi connectivity index (χ1n) is 8.07. The molecular formula is C19H19N3O2. The summed E-state index contributed by atoms with van der Waals surface area (Å²) in [5, 5.41) is 0. The average Bonchev–Trinajstić information content (AvgIpc) is 3.00. The molecule has 0 atom stereocenters. The lowest BCUT2D eigenvalue weighted by molar-refractivity contribution is 0.0985. The smallest absolute Gasteiger partial charge is 0.258 e. The van der Waals surface area contributed by atoms with Gasteiger partial charge in [0.25, 0.3) is 5.91 Å². The lowest BCUT2D eigenvalue weighted by atomic mass is 10.0. The standard InChI is InChI=1S/C19H19N3O2/c1-21-12-20-16-10-14(6-8-17(16)21)19(23)22-9-3-4-13-5-7-15(24-2)11-18(13)22/h5-8,10-12H,3-4,9H2,1-2H3. The topological polar surface area (TPSA) is 47.4 Å². The molecule has 3 aromatic rings. The van der Waals surface area contributed by atoms with Crippen LogP contribution in [-0.2, 0) is 13.5 Å². The molecule has 1 aliphatic heterocycles. The Kier molecular flexibility index (Phi) is 3.49. The van der Waals surface area contributed by atoms with Crippen molar-refractivity contribution in [2.45, 2.75) is 12.8 Å². The molecule has 0 fully saturated rings. The molecule has 0 saturated heterocycles. The van der Waals surface area contributed by atoms with Crippen LogP contribution in [0.25, 0.3) is 11.0 Å². The van der Waals surface area contributed by atoms with E-state index >= 15 is 0 Å². The summed E-state index contributed by atoms with van der Waals surface area (Å²) in [6.45, 7) is 0.721. The van der Waals surface area contributed by atoms with Gasteiger partial charge in [-0.05, 0) is 42.7 Å². The molecule has 5 heteroatoms. The van der Waals surface area contributed by atoms with Crippen molar-refractivity contribution >= 4 is 22.6 Å². The van der Waals surface area contributed by atoms with Gasteiger partial charge in [0, 0.05) is 25.2 Å². The van der Waals surface area contributed by atoms with Crippen LogP contribution in [0.3, 0.4) is 0 Å². The van der Waals surface area contributed by atoms with Gasteiger partial charge in [-0.25, -0.2) is 4.98 Å². The van der Waals surface area contributed by atoms with Crippen molar-refractivity contribution < 1.29 is 9.53 Å². The zero-order valence-electron chi connectivity index (χ0n) is 13.8. The molecule has 122 valence electrons. The first kappa shape index (κ1) is 14.8. The normalized spacial score (nSPS) is 13.8. The van der Waals surface area contributed by atoms with Gasteiger partial charge in [0.1, 0.15) is 5.75 Å². The first-order valence-corrected chi connectivity index (χ1v) is 8.07. The van der Waals surface area contributed by atoms with Crippen molar-refractivity contribution in [3.05, 3.63) is 53.9 Å². The van der Waals surface area contributed by atoms with E-state index in [0.29, 0.717) is 5.56 Å². The van der Waals surface area contributed by atoms with Gasteiger partial charge in [-0.3, -0.25) is 4.79 Å². The van der Waals surface area contributed by atoms with Crippen LogP contribution in [0.1, 0.15) is 22.3 Å². The second-order valence-electron chi connectivity index (χ2n) is 6.11. The molecule has 0 saturated carbocycles. The number of anilines is 1. The minimum atomic E-state index is 0.0109. The second-order valence-corrected chi connectivity index (χ2v) is 6.11. The highest BCUT2D eigenvalue weighted by atomic mass is 16.5. The molecule has 0 N–H and O–H groups in total. The number of hydrogen-bond donors (Lipinski definition) is 0. The molecule has 0 aliphatic carbocycles. The number of rotatable bonds is 2. The highest BCUT2D eigenvalue weighted by Gasteiger charge is 2.24. The zero-order chi connectivity index (χ0) is 16.7. The van der Waals surface area contributed by atoms with Gasteiger partial charge in [-0.2, -0.15) is 0 Å². The van der Waals surface area contributed by atoms with Crippen LogP contribution in [0.2, 0.25) is 0 Å². The van der Waals surface area contributed by atoms with Crippen LogP contribution in [0.15, 0.2) is 42.7 Å². The van der Waals surface area contributed by atoms with E-state index in [-0.39, 0.29) is 5.91 Å². The molecule has 0 spiro atoms. The van der Waals surface area contributed by atoms with E-state index in [1.807, 2.05) is 46.8 Å². The maximum atomic E-state index is 13.1. The van der Waals surface area contributed by atoms with E-state index < -0.39 is 0 Å². The number of aromatic nitrogens is 2. The van der Waals surface area contributed by atoms with Crippen LogP contribution < -0.4 is 9.64 Å². The zero-order valence-corrected chi connectivity index (χ0v) is 13.8. The fourth-order valence-electron chi connectivity index (χ4n) is 3.32. The molecule has 0 unspecified atom stereocenters. The number of carbonyl (C=O) groups is 1. The number of amides is 1.